The summed E-state index contributed by atoms with van der Waals surface area (Å²) in [6, 6.07) is 15.6. The largest absolute Gasteiger partial charge is 0.467 e. The van der Waals surface area contributed by atoms with Crippen molar-refractivity contribution in [3.63, 3.8) is 0 Å². The Labute approximate surface area is 179 Å². The van der Waals surface area contributed by atoms with E-state index in [1.54, 1.807) is 36.4 Å². The Hall–Kier alpha value is -4.40. The van der Waals surface area contributed by atoms with E-state index in [2.05, 4.69) is 5.32 Å². The second-order valence-electron chi connectivity index (χ2n) is 7.17. The first-order valence-electron chi connectivity index (χ1n) is 9.74. The molecule has 0 aliphatic rings. The number of carbonyl (C=O) groups is 1. The molecule has 0 atom stereocenters. The number of benzene rings is 2. The zero-order valence-corrected chi connectivity index (χ0v) is 16.6. The fraction of sp³-hybridized carbons (Fsp3) is 0.0870. The first-order chi connectivity index (χ1) is 15.5. The second kappa shape index (κ2) is 7.69. The van der Waals surface area contributed by atoms with Crippen LogP contribution in [0.25, 0.3) is 22.1 Å². The van der Waals surface area contributed by atoms with Gasteiger partial charge in [0.2, 0.25) is 11.5 Å². The number of furan rings is 2. The Balaban J connectivity index is 1.66. The maximum absolute atomic E-state index is 13.5. The summed E-state index contributed by atoms with van der Waals surface area (Å²) in [4.78, 5) is 39.1. The fourth-order valence-electron chi connectivity index (χ4n) is 3.65. The Morgan fingerprint density at radius 1 is 1.00 bits per heavy atom. The van der Waals surface area contributed by atoms with Crippen LogP contribution in [-0.4, -0.2) is 15.0 Å². The van der Waals surface area contributed by atoms with Crippen LogP contribution in [0.4, 0.5) is 10.1 Å². The number of rotatable bonds is 5. The number of anilines is 1. The van der Waals surface area contributed by atoms with Crippen LogP contribution in [0.2, 0.25) is 0 Å². The molecule has 0 fully saturated rings. The lowest BCUT2D eigenvalue weighted by Crippen LogP contribution is -2.41. The van der Waals surface area contributed by atoms with Gasteiger partial charge in [0.05, 0.1) is 12.8 Å². The molecule has 9 heteroatoms. The number of hydrogen-bond acceptors (Lipinski definition) is 5. The first kappa shape index (κ1) is 19.6. The van der Waals surface area contributed by atoms with E-state index in [0.29, 0.717) is 16.7 Å². The molecular formula is C23H16FN3O5. The van der Waals surface area contributed by atoms with E-state index in [0.717, 1.165) is 4.57 Å². The summed E-state index contributed by atoms with van der Waals surface area (Å²) >= 11 is 0. The van der Waals surface area contributed by atoms with Gasteiger partial charge >= 0.3 is 5.69 Å². The summed E-state index contributed by atoms with van der Waals surface area (Å²) < 4.78 is 26.6. The van der Waals surface area contributed by atoms with Crippen LogP contribution < -0.4 is 16.6 Å². The van der Waals surface area contributed by atoms with Gasteiger partial charge in [0.15, 0.2) is 0 Å². The van der Waals surface area contributed by atoms with Crippen molar-refractivity contribution in [2.45, 2.75) is 13.1 Å². The van der Waals surface area contributed by atoms with Crippen molar-refractivity contribution in [2.24, 2.45) is 0 Å². The van der Waals surface area contributed by atoms with Gasteiger partial charge in [-0.2, -0.15) is 0 Å². The summed E-state index contributed by atoms with van der Waals surface area (Å²) in [5.41, 5.74) is -0.481. The number of aromatic nitrogens is 2. The lowest BCUT2D eigenvalue weighted by atomic mass is 10.2. The number of halogens is 1. The first-order valence-corrected chi connectivity index (χ1v) is 9.74. The van der Waals surface area contributed by atoms with E-state index in [9.17, 15) is 18.8 Å². The van der Waals surface area contributed by atoms with Crippen molar-refractivity contribution in [3.8, 4) is 0 Å². The number of fused-ring (bicyclic) bond motifs is 3. The molecule has 2 aromatic carbocycles. The molecule has 1 amide bonds. The highest BCUT2D eigenvalue weighted by Crippen LogP contribution is 2.25. The molecule has 5 rings (SSSR count). The van der Waals surface area contributed by atoms with Crippen LogP contribution in [0.15, 0.2) is 85.4 Å². The molecule has 0 spiro atoms. The van der Waals surface area contributed by atoms with Crippen LogP contribution >= 0.6 is 0 Å². The van der Waals surface area contributed by atoms with E-state index in [4.69, 9.17) is 8.83 Å². The smallest absolute Gasteiger partial charge is 0.332 e. The SMILES string of the molecule is O=C(Cn1c(=O)n(Cc2ccco2)c(=O)c2oc3ccccc3c21)Nc1cccc(F)c1. The molecule has 0 unspecified atom stereocenters. The third-order valence-electron chi connectivity index (χ3n) is 5.04. The second-order valence-corrected chi connectivity index (χ2v) is 7.17. The molecule has 0 saturated carbocycles. The fourth-order valence-corrected chi connectivity index (χ4v) is 3.65. The molecule has 5 aromatic rings. The number of nitrogens with zero attached hydrogens (tertiary/aromatic N) is 2. The van der Waals surface area contributed by atoms with Gasteiger partial charge in [0, 0.05) is 11.1 Å². The lowest BCUT2D eigenvalue weighted by Gasteiger charge is -2.12. The van der Waals surface area contributed by atoms with Crippen LogP contribution in [-0.2, 0) is 17.9 Å². The number of para-hydroxylation sites is 1. The van der Waals surface area contributed by atoms with Gasteiger partial charge in [-0.1, -0.05) is 18.2 Å². The topological polar surface area (TPSA) is 99.4 Å². The number of carbonyl (C=O) groups excluding carboxylic acids is 1. The third kappa shape index (κ3) is 3.39. The molecule has 8 nitrogen and oxygen atoms in total. The molecule has 32 heavy (non-hydrogen) atoms. The molecular weight excluding hydrogens is 417 g/mol. The van der Waals surface area contributed by atoms with E-state index in [1.807, 2.05) is 0 Å². The van der Waals surface area contributed by atoms with E-state index < -0.39 is 29.5 Å². The summed E-state index contributed by atoms with van der Waals surface area (Å²) in [7, 11) is 0. The molecule has 1 N–H and O–H groups in total. The van der Waals surface area contributed by atoms with Crippen molar-refractivity contribution in [1.82, 2.24) is 9.13 Å². The molecule has 0 aliphatic carbocycles. The number of amides is 1. The zero-order valence-electron chi connectivity index (χ0n) is 16.6. The standard InChI is InChI=1S/C23H16FN3O5/c24-14-5-3-6-15(11-14)25-19(28)13-26-20-17-8-1-2-9-18(17)32-21(20)22(29)27(23(26)30)12-16-7-4-10-31-16/h1-11H,12-13H2,(H,25,28). The van der Waals surface area contributed by atoms with E-state index >= 15 is 0 Å². The van der Waals surface area contributed by atoms with E-state index in [1.165, 1.54) is 35.1 Å². The molecule has 160 valence electrons. The van der Waals surface area contributed by atoms with Crippen molar-refractivity contribution >= 4 is 33.7 Å². The lowest BCUT2D eigenvalue weighted by molar-refractivity contribution is -0.116. The van der Waals surface area contributed by atoms with Gasteiger partial charge in [-0.15, -0.1) is 0 Å². The van der Waals surface area contributed by atoms with Crippen molar-refractivity contribution in [1.29, 1.82) is 0 Å². The predicted molar refractivity (Wildman–Crippen MR) is 115 cm³/mol. The van der Waals surface area contributed by atoms with Crippen LogP contribution in [0.3, 0.4) is 0 Å². The predicted octanol–water partition coefficient (Wildman–Crippen LogP) is 3.33. The summed E-state index contributed by atoms with van der Waals surface area (Å²) in [5.74, 6) is -0.668. The molecule has 0 bridgehead atoms. The molecule has 0 aliphatic heterocycles. The van der Waals surface area contributed by atoms with Crippen molar-refractivity contribution in [3.05, 3.63) is 99.3 Å². The van der Waals surface area contributed by atoms with Gasteiger partial charge in [-0.3, -0.25) is 14.2 Å². The number of nitrogens with one attached hydrogen (secondary N) is 1. The van der Waals surface area contributed by atoms with Gasteiger partial charge in [-0.25, -0.2) is 13.8 Å². The van der Waals surface area contributed by atoms with Crippen LogP contribution in [0.1, 0.15) is 5.76 Å². The minimum Gasteiger partial charge on any atom is -0.467 e. The maximum atomic E-state index is 13.5. The molecule has 3 heterocycles. The van der Waals surface area contributed by atoms with Gasteiger partial charge in [-0.05, 0) is 42.5 Å². The maximum Gasteiger partial charge on any atom is 0.332 e. The van der Waals surface area contributed by atoms with Gasteiger partial charge in [0.25, 0.3) is 5.56 Å². The van der Waals surface area contributed by atoms with E-state index in [-0.39, 0.29) is 23.3 Å². The molecule has 3 aromatic heterocycles. The summed E-state index contributed by atoms with van der Waals surface area (Å²) in [6.07, 6.45) is 1.44. The highest BCUT2D eigenvalue weighted by molar-refractivity contribution is 6.03. The van der Waals surface area contributed by atoms with Gasteiger partial charge < -0.3 is 14.2 Å². The monoisotopic (exact) mass is 433 g/mol. The Morgan fingerprint density at radius 3 is 2.62 bits per heavy atom. The third-order valence-corrected chi connectivity index (χ3v) is 5.04. The normalized spacial score (nSPS) is 11.3. The average Bonchev–Trinajstić information content (AvgIpc) is 3.42. The minimum absolute atomic E-state index is 0.0455. The summed E-state index contributed by atoms with van der Waals surface area (Å²) in [5, 5.41) is 3.10. The Kier molecular flexibility index (Phi) is 4.70. The van der Waals surface area contributed by atoms with Crippen LogP contribution in [0, 0.1) is 5.82 Å². The average molecular weight is 433 g/mol. The highest BCUT2D eigenvalue weighted by atomic mass is 19.1. The van der Waals surface area contributed by atoms with Gasteiger partial charge in [0.1, 0.15) is 29.2 Å². The molecule has 0 saturated heterocycles. The van der Waals surface area contributed by atoms with Crippen molar-refractivity contribution < 1.29 is 18.0 Å². The summed E-state index contributed by atoms with van der Waals surface area (Å²) in [6.45, 7) is -0.531. The Morgan fingerprint density at radius 2 is 1.84 bits per heavy atom. The van der Waals surface area contributed by atoms with Crippen molar-refractivity contribution in [2.75, 3.05) is 5.32 Å². The zero-order chi connectivity index (χ0) is 22.2. The van der Waals surface area contributed by atoms with Crippen LogP contribution in [0.5, 0.6) is 0 Å². The molecule has 0 radical (unpaired) electrons. The minimum atomic E-state index is -0.695. The number of hydrogen-bond donors (Lipinski definition) is 1. The Bertz CT molecular complexity index is 1580. The quantitative estimate of drug-likeness (QED) is 0.458. The highest BCUT2D eigenvalue weighted by Gasteiger charge is 2.21.